The lowest BCUT2D eigenvalue weighted by molar-refractivity contribution is 0.414. The molecule has 0 spiro atoms. The number of hydrogen-bond donors (Lipinski definition) is 3. The molecule has 1 aliphatic heterocycles. The molecule has 1 heterocycles. The van der Waals surface area contributed by atoms with E-state index in [0.29, 0.717) is 12.0 Å². The van der Waals surface area contributed by atoms with Crippen LogP contribution in [-0.2, 0) is 0 Å². The number of hydrogen-bond acceptors (Lipinski definition) is 4. The molecular formula is C22H31ClN4S. The summed E-state index contributed by atoms with van der Waals surface area (Å²) in [5.41, 5.74) is 4.12. The van der Waals surface area contributed by atoms with Gasteiger partial charge in [-0.15, -0.1) is 0 Å². The van der Waals surface area contributed by atoms with Gasteiger partial charge in [-0.25, -0.2) is 4.99 Å². The minimum Gasteiger partial charge on any atom is -0.367 e. The number of amidine groups is 1. The maximum Gasteiger partial charge on any atom is 0.129 e. The van der Waals surface area contributed by atoms with Crippen molar-refractivity contribution < 1.29 is 0 Å². The van der Waals surface area contributed by atoms with Gasteiger partial charge in [-0.3, -0.25) is 5.32 Å². The third-order valence-electron chi connectivity index (χ3n) is 5.22. The molecular weight excluding hydrogens is 388 g/mol. The molecule has 0 saturated heterocycles. The van der Waals surface area contributed by atoms with Crippen LogP contribution in [0.2, 0.25) is 0 Å². The Morgan fingerprint density at radius 1 is 1.36 bits per heavy atom. The summed E-state index contributed by atoms with van der Waals surface area (Å²) in [4.78, 5) is 4.44. The smallest absolute Gasteiger partial charge is 0.129 e. The number of allylic oxidation sites excluding steroid dienone is 4. The Labute approximate surface area is 178 Å². The zero-order chi connectivity index (χ0) is 19.6. The summed E-state index contributed by atoms with van der Waals surface area (Å²) in [6, 6.07) is 0.511. The van der Waals surface area contributed by atoms with Crippen LogP contribution in [0, 0.1) is 5.92 Å². The van der Waals surface area contributed by atoms with Crippen LogP contribution in [0.3, 0.4) is 0 Å². The lowest BCUT2D eigenvalue weighted by Crippen LogP contribution is -2.38. The van der Waals surface area contributed by atoms with Gasteiger partial charge in [-0.1, -0.05) is 66.4 Å². The Balaban J connectivity index is 1.45. The van der Waals surface area contributed by atoms with E-state index in [1.54, 1.807) is 18.0 Å². The maximum atomic E-state index is 5.66. The highest BCUT2D eigenvalue weighted by molar-refractivity contribution is 8.02. The van der Waals surface area contributed by atoms with Gasteiger partial charge in [0.15, 0.2) is 0 Å². The molecule has 152 valence electrons. The van der Waals surface area contributed by atoms with Crippen molar-refractivity contribution in [3.63, 3.8) is 0 Å². The lowest BCUT2D eigenvalue weighted by atomic mass is 9.95. The van der Waals surface area contributed by atoms with Gasteiger partial charge in [-0.2, -0.15) is 0 Å². The molecule has 0 aromatic heterocycles. The number of nitrogens with zero attached hydrogens (tertiary/aromatic N) is 1. The van der Waals surface area contributed by atoms with E-state index in [-0.39, 0.29) is 5.50 Å². The van der Waals surface area contributed by atoms with E-state index in [1.165, 1.54) is 43.2 Å². The van der Waals surface area contributed by atoms with Gasteiger partial charge in [0, 0.05) is 30.0 Å². The molecule has 0 radical (unpaired) electrons. The topological polar surface area (TPSA) is 48.5 Å². The molecule has 3 rings (SSSR count). The second kappa shape index (κ2) is 11.5. The van der Waals surface area contributed by atoms with Crippen molar-refractivity contribution in [3.05, 3.63) is 58.8 Å². The van der Waals surface area contributed by atoms with Crippen molar-refractivity contribution in [1.29, 1.82) is 0 Å². The van der Waals surface area contributed by atoms with Crippen LogP contribution >= 0.6 is 23.4 Å². The monoisotopic (exact) mass is 418 g/mol. The van der Waals surface area contributed by atoms with Gasteiger partial charge in [0.05, 0.1) is 0 Å². The van der Waals surface area contributed by atoms with E-state index in [1.807, 2.05) is 6.08 Å². The van der Waals surface area contributed by atoms with Crippen LogP contribution < -0.4 is 16.0 Å². The third-order valence-corrected chi connectivity index (χ3v) is 6.28. The Morgan fingerprint density at radius 3 is 2.96 bits per heavy atom. The first-order valence-electron chi connectivity index (χ1n) is 10.2. The fourth-order valence-electron chi connectivity index (χ4n) is 3.59. The Bertz CT molecular complexity index is 687. The van der Waals surface area contributed by atoms with Crippen LogP contribution in [0.4, 0.5) is 0 Å². The molecule has 2 aliphatic carbocycles. The van der Waals surface area contributed by atoms with E-state index in [9.17, 15) is 0 Å². The fraction of sp³-hybridized carbons (Fsp3) is 0.500. The summed E-state index contributed by atoms with van der Waals surface area (Å²) in [5.74, 6) is 1.44. The molecule has 4 nitrogen and oxygen atoms in total. The predicted octanol–water partition coefficient (Wildman–Crippen LogP) is 5.15. The molecule has 0 aromatic rings. The van der Waals surface area contributed by atoms with Gasteiger partial charge >= 0.3 is 0 Å². The van der Waals surface area contributed by atoms with E-state index in [4.69, 9.17) is 11.6 Å². The number of aliphatic imine (C=N–C) groups is 1. The molecule has 28 heavy (non-hydrogen) atoms. The predicted molar refractivity (Wildman–Crippen MR) is 123 cm³/mol. The summed E-state index contributed by atoms with van der Waals surface area (Å²) in [6.07, 6.45) is 20.0. The van der Waals surface area contributed by atoms with Crippen molar-refractivity contribution in [2.75, 3.05) is 6.54 Å². The molecule has 0 amide bonds. The second-order valence-corrected chi connectivity index (χ2v) is 8.78. The van der Waals surface area contributed by atoms with Crippen LogP contribution in [0.1, 0.15) is 45.4 Å². The van der Waals surface area contributed by atoms with Gasteiger partial charge in [0.25, 0.3) is 0 Å². The standard InChI is InChI=1S/C22H31ClN4S/c1-17-7-9-18(10-8-17)15-25-22-27-20(16-28-22)11-12-21(24-14-13-23)26-19-5-3-2-4-6-19/h7-9,11-14,16,18-19,22,25,27H,2-6,10,15H2,1H3,(H,24,26)/b12-11+,14-13+. The highest BCUT2D eigenvalue weighted by Gasteiger charge is 2.17. The van der Waals surface area contributed by atoms with Crippen molar-refractivity contribution in [2.24, 2.45) is 10.9 Å². The van der Waals surface area contributed by atoms with Gasteiger partial charge in [0.2, 0.25) is 0 Å². The first kappa shape index (κ1) is 21.3. The summed E-state index contributed by atoms with van der Waals surface area (Å²) in [7, 11) is 0. The highest BCUT2D eigenvalue weighted by atomic mass is 35.5. The van der Waals surface area contributed by atoms with Crippen molar-refractivity contribution >= 4 is 29.2 Å². The minimum absolute atomic E-state index is 0.217. The van der Waals surface area contributed by atoms with E-state index < -0.39 is 0 Å². The average molecular weight is 419 g/mol. The van der Waals surface area contributed by atoms with Gasteiger partial charge in [-0.05, 0) is 49.7 Å². The van der Waals surface area contributed by atoms with Crippen LogP contribution in [0.15, 0.2) is 63.8 Å². The SMILES string of the molecule is CC1=CCC(CNC2NC(/C=C/C(=N\C=C\Cl)NC3CCCCC3)=CS2)C=C1. The van der Waals surface area contributed by atoms with Crippen LogP contribution in [0.25, 0.3) is 0 Å². The molecule has 1 fully saturated rings. The zero-order valence-electron chi connectivity index (χ0n) is 16.5. The number of thioether (sulfide) groups is 1. The maximum absolute atomic E-state index is 5.66. The van der Waals surface area contributed by atoms with Crippen molar-refractivity contribution in [2.45, 2.75) is 57.0 Å². The third kappa shape index (κ3) is 7.19. The van der Waals surface area contributed by atoms with Gasteiger partial charge < -0.3 is 10.6 Å². The highest BCUT2D eigenvalue weighted by Crippen LogP contribution is 2.21. The molecule has 0 aromatic carbocycles. The Hall–Kier alpha value is -1.43. The summed E-state index contributed by atoms with van der Waals surface area (Å²) < 4.78 is 0. The van der Waals surface area contributed by atoms with Crippen molar-refractivity contribution in [1.82, 2.24) is 16.0 Å². The number of rotatable bonds is 7. The average Bonchev–Trinajstić information content (AvgIpc) is 3.18. The zero-order valence-corrected chi connectivity index (χ0v) is 18.1. The quantitative estimate of drug-likeness (QED) is 0.395. The molecule has 3 N–H and O–H groups in total. The summed E-state index contributed by atoms with van der Waals surface area (Å²) >= 11 is 7.43. The van der Waals surface area contributed by atoms with E-state index in [2.05, 4.69) is 57.6 Å². The summed E-state index contributed by atoms with van der Waals surface area (Å²) in [6.45, 7) is 3.13. The molecule has 2 atom stereocenters. The largest absolute Gasteiger partial charge is 0.367 e. The normalized spacial score (nSPS) is 26.6. The van der Waals surface area contributed by atoms with E-state index >= 15 is 0 Å². The number of halogens is 1. The fourth-order valence-corrected chi connectivity index (χ4v) is 4.47. The van der Waals surface area contributed by atoms with Gasteiger partial charge in [0.1, 0.15) is 11.3 Å². The van der Waals surface area contributed by atoms with Crippen LogP contribution in [0.5, 0.6) is 0 Å². The number of nitrogens with one attached hydrogen (secondary N) is 3. The molecule has 3 aliphatic rings. The van der Waals surface area contributed by atoms with Crippen molar-refractivity contribution in [3.8, 4) is 0 Å². The van der Waals surface area contributed by atoms with E-state index in [0.717, 1.165) is 24.5 Å². The lowest BCUT2D eigenvalue weighted by Gasteiger charge is -2.23. The molecule has 0 bridgehead atoms. The first-order valence-corrected chi connectivity index (χ1v) is 11.6. The van der Waals surface area contributed by atoms with Crippen LogP contribution in [-0.4, -0.2) is 23.9 Å². The molecule has 2 unspecified atom stereocenters. The molecule has 6 heteroatoms. The first-order chi connectivity index (χ1) is 13.7. The summed E-state index contributed by atoms with van der Waals surface area (Å²) in [5, 5.41) is 12.8. The minimum atomic E-state index is 0.217. The Morgan fingerprint density at radius 2 is 2.21 bits per heavy atom. The molecule has 1 saturated carbocycles. The Kier molecular flexibility index (Phi) is 8.77. The second-order valence-electron chi connectivity index (χ2n) is 7.55.